The molecule has 0 aliphatic rings. The molecule has 144 valence electrons. The van der Waals surface area contributed by atoms with Gasteiger partial charge in [-0.1, -0.05) is 53.5 Å². The smallest absolute Gasteiger partial charge is 0.256 e. The molecule has 1 amide bonds. The third kappa shape index (κ3) is 4.16. The van der Waals surface area contributed by atoms with Crippen LogP contribution in [-0.2, 0) is 0 Å². The Morgan fingerprint density at radius 1 is 1.00 bits per heavy atom. The highest BCUT2D eigenvalue weighted by atomic mass is 35.5. The van der Waals surface area contributed by atoms with Crippen molar-refractivity contribution in [3.05, 3.63) is 94.2 Å². The summed E-state index contributed by atoms with van der Waals surface area (Å²) in [5.74, 6) is -0.0487. The molecule has 4 aromatic rings. The molecule has 0 fully saturated rings. The van der Waals surface area contributed by atoms with Crippen LogP contribution in [0, 0.1) is 6.92 Å². The van der Waals surface area contributed by atoms with Crippen LogP contribution in [0.3, 0.4) is 0 Å². The third-order valence-electron chi connectivity index (χ3n) is 4.31. The number of nitrogens with zero attached hydrogens (tertiary/aromatic N) is 3. The summed E-state index contributed by atoms with van der Waals surface area (Å²) in [6.07, 6.45) is 1.43. The molecule has 2 aromatic carbocycles. The number of rotatable bonds is 4. The molecule has 0 spiro atoms. The van der Waals surface area contributed by atoms with E-state index >= 15 is 0 Å². The lowest BCUT2D eigenvalue weighted by Crippen LogP contribution is -2.13. The second kappa shape index (κ2) is 8.07. The average Bonchev–Trinajstić information content (AvgIpc) is 3.12. The normalized spacial score (nSPS) is 10.7. The molecule has 7 heteroatoms. The second-order valence-electron chi connectivity index (χ2n) is 6.43. The highest BCUT2D eigenvalue weighted by Gasteiger charge is 2.13. The summed E-state index contributed by atoms with van der Waals surface area (Å²) in [7, 11) is 0. The first kappa shape index (κ1) is 19.2. The zero-order valence-electron chi connectivity index (χ0n) is 15.4. The predicted octanol–water partition coefficient (Wildman–Crippen LogP) is 5.80. The Morgan fingerprint density at radius 2 is 1.72 bits per heavy atom. The van der Waals surface area contributed by atoms with E-state index in [1.165, 1.54) is 12.3 Å². The summed E-state index contributed by atoms with van der Waals surface area (Å²) in [4.78, 5) is 16.6. The van der Waals surface area contributed by atoms with Crippen LogP contribution in [0.25, 0.3) is 16.9 Å². The predicted molar refractivity (Wildman–Crippen MR) is 116 cm³/mol. The Labute approximate surface area is 177 Å². The summed E-state index contributed by atoms with van der Waals surface area (Å²) in [5, 5.41) is 7.97. The fourth-order valence-corrected chi connectivity index (χ4v) is 3.38. The molecule has 29 heavy (non-hydrogen) atoms. The van der Waals surface area contributed by atoms with Crippen molar-refractivity contribution < 1.29 is 4.79 Å². The first-order valence-electron chi connectivity index (χ1n) is 8.86. The van der Waals surface area contributed by atoms with Gasteiger partial charge in [0.25, 0.3) is 5.91 Å². The van der Waals surface area contributed by atoms with Crippen molar-refractivity contribution in [1.82, 2.24) is 14.8 Å². The van der Waals surface area contributed by atoms with E-state index in [1.54, 1.807) is 12.1 Å². The summed E-state index contributed by atoms with van der Waals surface area (Å²) in [5.41, 5.74) is 4.30. The summed E-state index contributed by atoms with van der Waals surface area (Å²) in [6, 6.07) is 20.8. The van der Waals surface area contributed by atoms with Crippen molar-refractivity contribution in [3.8, 4) is 16.9 Å². The standard InChI is InChI=1S/C22H16Cl2N4O/c1-14-11-20(15-5-3-2-4-6-15)28(27-14)18-9-7-16(8-10-18)22(29)26-21-19(24)12-17(23)13-25-21/h2-13H,1H3,(H,25,26,29). The van der Waals surface area contributed by atoms with Gasteiger partial charge in [0.1, 0.15) is 0 Å². The molecule has 0 bridgehead atoms. The summed E-state index contributed by atoms with van der Waals surface area (Å²) >= 11 is 11.9. The molecule has 0 atom stereocenters. The van der Waals surface area contributed by atoms with Crippen LogP contribution in [0.1, 0.15) is 16.1 Å². The molecule has 0 radical (unpaired) electrons. The number of carbonyl (C=O) groups is 1. The highest BCUT2D eigenvalue weighted by molar-refractivity contribution is 6.36. The van der Waals surface area contributed by atoms with E-state index in [-0.39, 0.29) is 16.7 Å². The van der Waals surface area contributed by atoms with E-state index in [2.05, 4.69) is 15.4 Å². The number of halogens is 2. The van der Waals surface area contributed by atoms with Crippen molar-refractivity contribution in [2.45, 2.75) is 6.92 Å². The van der Waals surface area contributed by atoms with Gasteiger partial charge in [0.2, 0.25) is 0 Å². The number of anilines is 1. The number of hydrogen-bond acceptors (Lipinski definition) is 3. The zero-order chi connectivity index (χ0) is 20.4. The van der Waals surface area contributed by atoms with Crippen molar-refractivity contribution >= 4 is 34.9 Å². The molecule has 0 aliphatic carbocycles. The summed E-state index contributed by atoms with van der Waals surface area (Å²) in [6.45, 7) is 1.95. The Hall–Kier alpha value is -3.15. The molecule has 0 saturated heterocycles. The van der Waals surface area contributed by atoms with Gasteiger partial charge >= 0.3 is 0 Å². The van der Waals surface area contributed by atoms with Crippen LogP contribution in [0.4, 0.5) is 5.82 Å². The van der Waals surface area contributed by atoms with E-state index in [9.17, 15) is 4.79 Å². The third-order valence-corrected chi connectivity index (χ3v) is 4.81. The van der Waals surface area contributed by atoms with Crippen LogP contribution in [0.15, 0.2) is 72.9 Å². The van der Waals surface area contributed by atoms with Gasteiger partial charge in [-0.05, 0) is 43.3 Å². The van der Waals surface area contributed by atoms with Crippen LogP contribution in [0.2, 0.25) is 10.0 Å². The fourth-order valence-electron chi connectivity index (χ4n) is 2.95. The van der Waals surface area contributed by atoms with E-state index < -0.39 is 0 Å². The molecular weight excluding hydrogens is 407 g/mol. The van der Waals surface area contributed by atoms with E-state index in [0.717, 1.165) is 22.6 Å². The van der Waals surface area contributed by atoms with Crippen molar-refractivity contribution in [1.29, 1.82) is 0 Å². The van der Waals surface area contributed by atoms with Crippen LogP contribution >= 0.6 is 23.2 Å². The van der Waals surface area contributed by atoms with E-state index in [0.29, 0.717) is 10.6 Å². The van der Waals surface area contributed by atoms with Gasteiger partial charge in [-0.15, -0.1) is 0 Å². The van der Waals surface area contributed by atoms with Gasteiger partial charge in [0.05, 0.1) is 27.1 Å². The van der Waals surface area contributed by atoms with Gasteiger partial charge in [-0.25, -0.2) is 9.67 Å². The maximum absolute atomic E-state index is 12.5. The van der Waals surface area contributed by atoms with Crippen molar-refractivity contribution in [2.24, 2.45) is 0 Å². The number of nitrogens with one attached hydrogen (secondary N) is 1. The number of benzene rings is 2. The maximum Gasteiger partial charge on any atom is 0.256 e. The first-order chi connectivity index (χ1) is 14.0. The Morgan fingerprint density at radius 3 is 2.41 bits per heavy atom. The van der Waals surface area contributed by atoms with Gasteiger partial charge < -0.3 is 5.32 Å². The number of hydrogen-bond donors (Lipinski definition) is 1. The molecule has 2 heterocycles. The van der Waals surface area contributed by atoms with Gasteiger partial charge in [0, 0.05) is 17.3 Å². The number of aryl methyl sites for hydroxylation is 1. The molecule has 0 saturated carbocycles. The minimum atomic E-state index is -0.312. The fraction of sp³-hybridized carbons (Fsp3) is 0.0455. The number of pyridine rings is 1. The maximum atomic E-state index is 12.5. The minimum Gasteiger partial charge on any atom is -0.305 e. The molecular formula is C22H16Cl2N4O. The Kier molecular flexibility index (Phi) is 5.34. The SMILES string of the molecule is Cc1cc(-c2ccccc2)n(-c2ccc(C(=O)Nc3ncc(Cl)cc3Cl)cc2)n1. The number of amides is 1. The van der Waals surface area contributed by atoms with Gasteiger partial charge in [-0.3, -0.25) is 4.79 Å². The topological polar surface area (TPSA) is 59.8 Å². The molecule has 0 unspecified atom stereocenters. The Balaban J connectivity index is 1.60. The van der Waals surface area contributed by atoms with Crippen molar-refractivity contribution in [3.63, 3.8) is 0 Å². The van der Waals surface area contributed by atoms with Crippen molar-refractivity contribution in [2.75, 3.05) is 5.32 Å². The minimum absolute atomic E-state index is 0.263. The first-order valence-corrected chi connectivity index (χ1v) is 9.62. The number of aromatic nitrogens is 3. The largest absolute Gasteiger partial charge is 0.305 e. The number of carbonyl (C=O) groups excluding carboxylic acids is 1. The Bertz CT molecular complexity index is 1170. The average molecular weight is 423 g/mol. The lowest BCUT2D eigenvalue weighted by atomic mass is 10.1. The monoisotopic (exact) mass is 422 g/mol. The lowest BCUT2D eigenvalue weighted by Gasteiger charge is -2.09. The van der Waals surface area contributed by atoms with Crippen LogP contribution < -0.4 is 5.32 Å². The van der Waals surface area contributed by atoms with Gasteiger partial charge in [0.15, 0.2) is 5.82 Å². The summed E-state index contributed by atoms with van der Waals surface area (Å²) < 4.78 is 1.87. The molecule has 1 N–H and O–H groups in total. The highest BCUT2D eigenvalue weighted by Crippen LogP contribution is 2.25. The zero-order valence-corrected chi connectivity index (χ0v) is 16.9. The van der Waals surface area contributed by atoms with Crippen LogP contribution in [0.5, 0.6) is 0 Å². The molecule has 0 aliphatic heterocycles. The lowest BCUT2D eigenvalue weighted by molar-refractivity contribution is 0.102. The van der Waals surface area contributed by atoms with E-state index in [1.807, 2.05) is 60.1 Å². The molecule has 5 nitrogen and oxygen atoms in total. The second-order valence-corrected chi connectivity index (χ2v) is 7.28. The van der Waals surface area contributed by atoms with Crippen LogP contribution in [-0.4, -0.2) is 20.7 Å². The molecule has 4 rings (SSSR count). The van der Waals surface area contributed by atoms with E-state index in [4.69, 9.17) is 23.2 Å². The molecule has 2 aromatic heterocycles. The van der Waals surface area contributed by atoms with Gasteiger partial charge in [-0.2, -0.15) is 5.10 Å². The quantitative estimate of drug-likeness (QED) is 0.451.